The number of nitrogens with zero attached hydrogens (tertiary/aromatic N) is 1. The summed E-state index contributed by atoms with van der Waals surface area (Å²) in [4.78, 5) is 13.9. The van der Waals surface area contributed by atoms with E-state index in [-0.39, 0.29) is 6.04 Å². The van der Waals surface area contributed by atoms with Crippen LogP contribution in [0.5, 0.6) is 5.75 Å². The van der Waals surface area contributed by atoms with E-state index < -0.39 is 5.91 Å². The number of carbonyl (C=O) groups excluding carboxylic acids is 1. The maximum atomic E-state index is 11.6. The lowest BCUT2D eigenvalue weighted by atomic mass is 10.1. The van der Waals surface area contributed by atoms with Gasteiger partial charge in [-0.15, -0.1) is 0 Å². The Balaban J connectivity index is 1.96. The molecule has 3 rings (SSSR count). The molecular formula is C18H20N2O3. The fourth-order valence-electron chi connectivity index (χ4n) is 2.87. The van der Waals surface area contributed by atoms with Crippen molar-refractivity contribution < 1.29 is 14.7 Å². The van der Waals surface area contributed by atoms with Crippen LogP contribution in [0.2, 0.25) is 0 Å². The number of nitrogens with one attached hydrogen (secondary N) is 1. The fraction of sp³-hybridized carbons (Fsp3) is 0.278. The van der Waals surface area contributed by atoms with Crippen LogP contribution in [0.3, 0.4) is 0 Å². The van der Waals surface area contributed by atoms with Crippen molar-refractivity contribution in [1.82, 2.24) is 5.48 Å². The average Bonchev–Trinajstić information content (AvgIpc) is 2.73. The molecule has 1 aliphatic rings. The molecule has 0 bridgehead atoms. The van der Waals surface area contributed by atoms with Crippen LogP contribution in [0.25, 0.3) is 0 Å². The minimum Gasteiger partial charge on any atom is -0.491 e. The molecule has 2 aromatic rings. The lowest BCUT2D eigenvalue weighted by molar-refractivity contribution is 0.0706. The molecule has 1 heterocycles. The third kappa shape index (κ3) is 3.00. The van der Waals surface area contributed by atoms with Gasteiger partial charge in [-0.2, -0.15) is 0 Å². The van der Waals surface area contributed by atoms with Gasteiger partial charge in [0.05, 0.1) is 6.04 Å². The van der Waals surface area contributed by atoms with Crippen molar-refractivity contribution in [3.05, 3.63) is 59.2 Å². The predicted octanol–water partition coefficient (Wildman–Crippen LogP) is 2.90. The Morgan fingerprint density at radius 1 is 1.30 bits per heavy atom. The molecule has 0 fully saturated rings. The first-order valence-corrected chi connectivity index (χ1v) is 7.62. The molecule has 1 atom stereocenters. The molecule has 2 N–H and O–H groups in total. The van der Waals surface area contributed by atoms with Crippen LogP contribution >= 0.6 is 0 Å². The van der Waals surface area contributed by atoms with Gasteiger partial charge in [0, 0.05) is 23.4 Å². The third-order valence-electron chi connectivity index (χ3n) is 4.21. The number of aryl methyl sites for hydroxylation is 1. The summed E-state index contributed by atoms with van der Waals surface area (Å²) in [5, 5.41) is 8.76. The summed E-state index contributed by atoms with van der Waals surface area (Å²) >= 11 is 0. The third-order valence-corrected chi connectivity index (χ3v) is 4.21. The Labute approximate surface area is 135 Å². The van der Waals surface area contributed by atoms with Crippen molar-refractivity contribution >= 4 is 11.6 Å². The molecule has 0 aromatic heterocycles. The molecular weight excluding hydrogens is 292 g/mol. The molecule has 1 unspecified atom stereocenters. The quantitative estimate of drug-likeness (QED) is 0.661. The molecule has 5 nitrogen and oxygen atoms in total. The molecule has 5 heteroatoms. The molecule has 0 saturated carbocycles. The maximum Gasteiger partial charge on any atom is 0.274 e. The van der Waals surface area contributed by atoms with Gasteiger partial charge < -0.3 is 9.64 Å². The van der Waals surface area contributed by atoms with E-state index in [4.69, 9.17) is 9.94 Å². The highest BCUT2D eigenvalue weighted by atomic mass is 16.5. The summed E-state index contributed by atoms with van der Waals surface area (Å²) in [6.45, 7) is 5.47. The highest BCUT2D eigenvalue weighted by molar-refractivity contribution is 5.93. The number of para-hydroxylation sites is 1. The van der Waals surface area contributed by atoms with Crippen LogP contribution in [-0.4, -0.2) is 23.8 Å². The fourth-order valence-corrected chi connectivity index (χ4v) is 2.87. The zero-order valence-electron chi connectivity index (χ0n) is 13.2. The van der Waals surface area contributed by atoms with Crippen molar-refractivity contribution in [2.24, 2.45) is 0 Å². The van der Waals surface area contributed by atoms with Gasteiger partial charge in [0.1, 0.15) is 12.4 Å². The number of benzene rings is 2. The lowest BCUT2D eigenvalue weighted by Crippen LogP contribution is -2.35. The summed E-state index contributed by atoms with van der Waals surface area (Å²) in [5.41, 5.74) is 5.46. The highest BCUT2D eigenvalue weighted by Crippen LogP contribution is 2.31. The minimum atomic E-state index is -0.538. The Hall–Kier alpha value is -2.53. The van der Waals surface area contributed by atoms with E-state index in [1.807, 2.05) is 18.2 Å². The van der Waals surface area contributed by atoms with Crippen molar-refractivity contribution in [2.45, 2.75) is 26.4 Å². The van der Waals surface area contributed by atoms with E-state index in [0.717, 1.165) is 5.56 Å². The number of hydrogen-bond acceptors (Lipinski definition) is 4. The van der Waals surface area contributed by atoms with Gasteiger partial charge in [-0.05, 0) is 37.6 Å². The normalized spacial score (nSPS) is 17.0. The second kappa shape index (κ2) is 6.30. The zero-order chi connectivity index (χ0) is 16.4. The van der Waals surface area contributed by atoms with Gasteiger partial charge in [-0.3, -0.25) is 10.0 Å². The maximum absolute atomic E-state index is 11.6. The Morgan fingerprint density at radius 2 is 2.09 bits per heavy atom. The second-order valence-electron chi connectivity index (χ2n) is 5.84. The summed E-state index contributed by atoms with van der Waals surface area (Å²) in [6, 6.07) is 13.7. The van der Waals surface area contributed by atoms with Crippen molar-refractivity contribution in [1.29, 1.82) is 0 Å². The van der Waals surface area contributed by atoms with E-state index in [1.165, 1.54) is 11.3 Å². The monoisotopic (exact) mass is 312 g/mol. The van der Waals surface area contributed by atoms with Crippen LogP contribution in [0, 0.1) is 6.92 Å². The standard InChI is InChI=1S/C18H20N2O3/c1-12-5-3-4-6-16(12)20-10-15-8-7-14(18(21)19-22)9-17(15)23-11-13(20)2/h3-9,13,22H,10-11H2,1-2H3,(H,19,21). The largest absolute Gasteiger partial charge is 0.491 e. The van der Waals surface area contributed by atoms with E-state index in [2.05, 4.69) is 30.9 Å². The molecule has 1 amide bonds. The summed E-state index contributed by atoms with van der Waals surface area (Å²) in [6.07, 6.45) is 0. The van der Waals surface area contributed by atoms with Gasteiger partial charge >= 0.3 is 0 Å². The van der Waals surface area contributed by atoms with Crippen LogP contribution in [0.15, 0.2) is 42.5 Å². The Kier molecular flexibility index (Phi) is 4.21. The molecule has 0 aliphatic carbocycles. The van der Waals surface area contributed by atoms with Crippen molar-refractivity contribution in [3.8, 4) is 5.75 Å². The number of carbonyl (C=O) groups is 1. The summed E-state index contributed by atoms with van der Waals surface area (Å²) < 4.78 is 5.88. The first-order chi connectivity index (χ1) is 11.1. The van der Waals surface area contributed by atoms with Gasteiger partial charge in [0.25, 0.3) is 5.91 Å². The topological polar surface area (TPSA) is 61.8 Å². The Morgan fingerprint density at radius 3 is 2.83 bits per heavy atom. The van der Waals surface area contributed by atoms with E-state index in [0.29, 0.717) is 24.5 Å². The van der Waals surface area contributed by atoms with E-state index >= 15 is 0 Å². The first-order valence-electron chi connectivity index (χ1n) is 7.62. The predicted molar refractivity (Wildman–Crippen MR) is 88.0 cm³/mol. The van der Waals surface area contributed by atoms with Crippen molar-refractivity contribution in [2.75, 3.05) is 11.5 Å². The van der Waals surface area contributed by atoms with E-state index in [1.54, 1.807) is 17.6 Å². The van der Waals surface area contributed by atoms with Crippen LogP contribution in [0.1, 0.15) is 28.4 Å². The van der Waals surface area contributed by atoms with Crippen LogP contribution < -0.4 is 15.1 Å². The highest BCUT2D eigenvalue weighted by Gasteiger charge is 2.23. The number of rotatable bonds is 2. The minimum absolute atomic E-state index is 0.207. The average molecular weight is 312 g/mol. The van der Waals surface area contributed by atoms with Crippen LogP contribution in [-0.2, 0) is 6.54 Å². The molecule has 2 aromatic carbocycles. The lowest BCUT2D eigenvalue weighted by Gasteiger charge is -2.30. The van der Waals surface area contributed by atoms with Gasteiger partial charge in [0.2, 0.25) is 0 Å². The molecule has 1 aliphatic heterocycles. The molecule has 120 valence electrons. The number of anilines is 1. The van der Waals surface area contributed by atoms with Gasteiger partial charge in [0.15, 0.2) is 0 Å². The zero-order valence-corrected chi connectivity index (χ0v) is 13.2. The first kappa shape index (κ1) is 15.4. The SMILES string of the molecule is Cc1ccccc1N1Cc2ccc(C(=O)NO)cc2OCC1C. The van der Waals surface area contributed by atoms with Crippen molar-refractivity contribution in [3.63, 3.8) is 0 Å². The van der Waals surface area contributed by atoms with Crippen LogP contribution in [0.4, 0.5) is 5.69 Å². The number of hydrogen-bond donors (Lipinski definition) is 2. The van der Waals surface area contributed by atoms with Gasteiger partial charge in [-0.1, -0.05) is 24.3 Å². The number of ether oxygens (including phenoxy) is 1. The van der Waals surface area contributed by atoms with Gasteiger partial charge in [-0.25, -0.2) is 5.48 Å². The number of fused-ring (bicyclic) bond motifs is 1. The smallest absolute Gasteiger partial charge is 0.274 e. The molecule has 0 spiro atoms. The molecule has 23 heavy (non-hydrogen) atoms. The molecule has 0 saturated heterocycles. The second-order valence-corrected chi connectivity index (χ2v) is 5.84. The number of hydroxylamine groups is 1. The van der Waals surface area contributed by atoms with E-state index in [9.17, 15) is 4.79 Å². The summed E-state index contributed by atoms with van der Waals surface area (Å²) in [7, 11) is 0. The Bertz CT molecular complexity index is 730. The summed E-state index contributed by atoms with van der Waals surface area (Å²) in [5.74, 6) is 0.151. The number of amides is 1. The molecule has 0 radical (unpaired) electrons.